The number of halogens is 1. The summed E-state index contributed by atoms with van der Waals surface area (Å²) in [5, 5.41) is 3.41. The maximum atomic E-state index is 4.58. The average Bonchev–Trinajstić information content (AvgIpc) is 2.87. The number of aromatic nitrogens is 2. The van der Waals surface area contributed by atoms with Crippen LogP contribution < -0.4 is 5.32 Å². The molecule has 1 aromatic carbocycles. The van der Waals surface area contributed by atoms with Crippen LogP contribution in [-0.2, 0) is 7.05 Å². The second-order valence-corrected chi connectivity index (χ2v) is 6.06. The highest BCUT2D eigenvalue weighted by Gasteiger charge is 2.26. The van der Waals surface area contributed by atoms with Crippen molar-refractivity contribution in [2.45, 2.75) is 6.04 Å². The number of piperazine rings is 1. The molecule has 0 spiro atoms. The Kier molecular flexibility index (Phi) is 4.19. The lowest BCUT2D eigenvalue weighted by Gasteiger charge is -2.34. The van der Waals surface area contributed by atoms with Crippen LogP contribution in [0.4, 0.5) is 0 Å². The first-order valence-electron chi connectivity index (χ1n) is 6.93. The summed E-state index contributed by atoms with van der Waals surface area (Å²) in [6.07, 6.45) is 3.89. The van der Waals surface area contributed by atoms with Gasteiger partial charge in [-0.25, -0.2) is 4.98 Å². The zero-order valence-corrected chi connectivity index (χ0v) is 13.2. The van der Waals surface area contributed by atoms with Crippen molar-refractivity contribution in [1.29, 1.82) is 0 Å². The number of nitrogens with zero attached hydrogens (tertiary/aromatic N) is 3. The van der Waals surface area contributed by atoms with Gasteiger partial charge in [0.05, 0.1) is 6.04 Å². The Morgan fingerprint density at radius 2 is 2.10 bits per heavy atom. The molecule has 5 heteroatoms. The fraction of sp³-hybridized carbons (Fsp3) is 0.400. The Labute approximate surface area is 127 Å². The lowest BCUT2D eigenvalue weighted by atomic mass is 10.0. The molecular formula is C15H19BrN4. The minimum absolute atomic E-state index is 0.217. The summed E-state index contributed by atoms with van der Waals surface area (Å²) < 4.78 is 3.23. The van der Waals surface area contributed by atoms with E-state index in [1.807, 2.05) is 12.4 Å². The summed E-state index contributed by atoms with van der Waals surface area (Å²) in [6, 6.07) is 8.76. The summed E-state index contributed by atoms with van der Waals surface area (Å²) in [5.41, 5.74) is 1.29. The molecule has 0 amide bonds. The van der Waals surface area contributed by atoms with Gasteiger partial charge in [0.15, 0.2) is 0 Å². The van der Waals surface area contributed by atoms with E-state index < -0.39 is 0 Å². The van der Waals surface area contributed by atoms with Crippen LogP contribution in [-0.4, -0.2) is 40.6 Å². The molecule has 0 saturated carbocycles. The molecule has 20 heavy (non-hydrogen) atoms. The van der Waals surface area contributed by atoms with E-state index in [1.54, 1.807) is 0 Å². The van der Waals surface area contributed by atoms with Crippen molar-refractivity contribution < 1.29 is 0 Å². The molecule has 4 nitrogen and oxygen atoms in total. The standard InChI is InChI=1S/C15H19BrN4/c1-19-8-7-18-15(19)14(20-9-5-17-6-10-20)12-3-2-4-13(16)11-12/h2-4,7-8,11,14,17H,5-6,9-10H2,1H3. The van der Waals surface area contributed by atoms with Crippen molar-refractivity contribution >= 4 is 15.9 Å². The number of aryl methyl sites for hydroxylation is 1. The molecule has 1 saturated heterocycles. The van der Waals surface area contributed by atoms with Gasteiger partial charge >= 0.3 is 0 Å². The highest BCUT2D eigenvalue weighted by Crippen LogP contribution is 2.29. The first kappa shape index (κ1) is 13.8. The Morgan fingerprint density at radius 3 is 2.75 bits per heavy atom. The Bertz CT molecular complexity index is 575. The van der Waals surface area contributed by atoms with E-state index in [2.05, 4.69) is 67.0 Å². The minimum atomic E-state index is 0.217. The fourth-order valence-corrected chi connectivity index (χ4v) is 3.20. The number of hydrogen-bond acceptors (Lipinski definition) is 3. The Balaban J connectivity index is 2.01. The number of benzene rings is 1. The summed E-state index contributed by atoms with van der Waals surface area (Å²) in [7, 11) is 2.06. The van der Waals surface area contributed by atoms with Crippen molar-refractivity contribution in [3.63, 3.8) is 0 Å². The molecule has 0 radical (unpaired) electrons. The number of nitrogens with one attached hydrogen (secondary N) is 1. The van der Waals surface area contributed by atoms with Crippen LogP contribution in [0.2, 0.25) is 0 Å². The van der Waals surface area contributed by atoms with Crippen LogP contribution in [0.3, 0.4) is 0 Å². The molecular weight excluding hydrogens is 316 g/mol. The average molecular weight is 335 g/mol. The third-order valence-electron chi connectivity index (χ3n) is 3.78. The monoisotopic (exact) mass is 334 g/mol. The molecule has 1 fully saturated rings. The van der Waals surface area contributed by atoms with Crippen LogP contribution in [0.1, 0.15) is 17.4 Å². The zero-order valence-electron chi connectivity index (χ0n) is 11.6. The van der Waals surface area contributed by atoms with Crippen LogP contribution in [0.25, 0.3) is 0 Å². The second kappa shape index (κ2) is 6.08. The number of imidazole rings is 1. The number of rotatable bonds is 3. The third-order valence-corrected chi connectivity index (χ3v) is 4.28. The molecule has 2 heterocycles. The van der Waals surface area contributed by atoms with Crippen LogP contribution in [0, 0.1) is 0 Å². The summed E-state index contributed by atoms with van der Waals surface area (Å²) in [5.74, 6) is 1.10. The SMILES string of the molecule is Cn1ccnc1C(c1cccc(Br)c1)N1CCNCC1. The van der Waals surface area contributed by atoms with E-state index in [0.29, 0.717) is 0 Å². The topological polar surface area (TPSA) is 33.1 Å². The van der Waals surface area contributed by atoms with Crippen molar-refractivity contribution in [2.75, 3.05) is 26.2 Å². The molecule has 0 aliphatic carbocycles. The van der Waals surface area contributed by atoms with E-state index in [-0.39, 0.29) is 6.04 Å². The largest absolute Gasteiger partial charge is 0.336 e. The number of hydrogen-bond donors (Lipinski definition) is 1. The van der Waals surface area contributed by atoms with E-state index in [0.717, 1.165) is 36.5 Å². The molecule has 3 rings (SSSR count). The van der Waals surface area contributed by atoms with Gasteiger partial charge in [-0.1, -0.05) is 28.1 Å². The van der Waals surface area contributed by atoms with Gasteiger partial charge in [0, 0.05) is 50.1 Å². The van der Waals surface area contributed by atoms with Crippen molar-refractivity contribution in [1.82, 2.24) is 19.8 Å². The first-order valence-corrected chi connectivity index (χ1v) is 7.72. The molecule has 106 valence electrons. The Hall–Kier alpha value is -1.17. The maximum absolute atomic E-state index is 4.58. The summed E-state index contributed by atoms with van der Waals surface area (Å²) in [4.78, 5) is 7.08. The molecule has 0 bridgehead atoms. The van der Waals surface area contributed by atoms with Gasteiger partial charge in [-0.15, -0.1) is 0 Å². The molecule has 1 aliphatic rings. The van der Waals surface area contributed by atoms with Crippen molar-refractivity contribution in [3.05, 3.63) is 52.5 Å². The summed E-state index contributed by atoms with van der Waals surface area (Å²) in [6.45, 7) is 4.16. The normalized spacial score (nSPS) is 18.1. The Morgan fingerprint density at radius 1 is 1.30 bits per heavy atom. The van der Waals surface area contributed by atoms with Gasteiger partial charge in [0.25, 0.3) is 0 Å². The molecule has 2 aromatic rings. The first-order chi connectivity index (χ1) is 9.75. The molecule has 1 unspecified atom stereocenters. The zero-order chi connectivity index (χ0) is 13.9. The van der Waals surface area contributed by atoms with E-state index in [4.69, 9.17) is 0 Å². The van der Waals surface area contributed by atoms with E-state index in [9.17, 15) is 0 Å². The molecule has 1 aliphatic heterocycles. The predicted octanol–water partition coefficient (Wildman–Crippen LogP) is 2.18. The maximum Gasteiger partial charge on any atom is 0.130 e. The molecule has 1 atom stereocenters. The van der Waals surface area contributed by atoms with Crippen LogP contribution >= 0.6 is 15.9 Å². The smallest absolute Gasteiger partial charge is 0.130 e. The molecule has 1 aromatic heterocycles. The quantitative estimate of drug-likeness (QED) is 0.933. The van der Waals surface area contributed by atoms with Crippen molar-refractivity contribution in [3.8, 4) is 0 Å². The molecule has 1 N–H and O–H groups in total. The van der Waals surface area contributed by atoms with Gasteiger partial charge in [-0.05, 0) is 17.7 Å². The lowest BCUT2D eigenvalue weighted by Crippen LogP contribution is -2.46. The van der Waals surface area contributed by atoms with Crippen LogP contribution in [0.15, 0.2) is 41.1 Å². The van der Waals surface area contributed by atoms with Gasteiger partial charge < -0.3 is 9.88 Å². The highest BCUT2D eigenvalue weighted by atomic mass is 79.9. The predicted molar refractivity (Wildman–Crippen MR) is 83.6 cm³/mol. The second-order valence-electron chi connectivity index (χ2n) is 5.14. The van der Waals surface area contributed by atoms with Gasteiger partial charge in [0.1, 0.15) is 5.82 Å². The van der Waals surface area contributed by atoms with Gasteiger partial charge in [-0.3, -0.25) is 4.90 Å². The van der Waals surface area contributed by atoms with E-state index >= 15 is 0 Å². The lowest BCUT2D eigenvalue weighted by molar-refractivity contribution is 0.190. The third kappa shape index (κ3) is 2.80. The van der Waals surface area contributed by atoms with Gasteiger partial charge in [-0.2, -0.15) is 0 Å². The minimum Gasteiger partial charge on any atom is -0.336 e. The van der Waals surface area contributed by atoms with Crippen LogP contribution in [0.5, 0.6) is 0 Å². The highest BCUT2D eigenvalue weighted by molar-refractivity contribution is 9.10. The summed E-state index contributed by atoms with van der Waals surface area (Å²) >= 11 is 3.58. The fourth-order valence-electron chi connectivity index (χ4n) is 2.78. The van der Waals surface area contributed by atoms with E-state index in [1.165, 1.54) is 5.56 Å². The van der Waals surface area contributed by atoms with Crippen molar-refractivity contribution in [2.24, 2.45) is 7.05 Å². The van der Waals surface area contributed by atoms with Gasteiger partial charge in [0.2, 0.25) is 0 Å².